The van der Waals surface area contributed by atoms with Gasteiger partial charge in [-0.2, -0.15) is 0 Å². The second-order valence-corrected chi connectivity index (χ2v) is 11.9. The van der Waals surface area contributed by atoms with E-state index in [1.165, 1.54) is 0 Å². The van der Waals surface area contributed by atoms with Gasteiger partial charge in [0, 0.05) is 5.56 Å². The fourth-order valence-electron chi connectivity index (χ4n) is 6.29. The van der Waals surface area contributed by atoms with Crippen molar-refractivity contribution in [3.05, 3.63) is 83.2 Å². The van der Waals surface area contributed by atoms with Crippen LogP contribution in [0.3, 0.4) is 0 Å². The lowest BCUT2D eigenvalue weighted by Crippen LogP contribution is -2.18. The van der Waals surface area contributed by atoms with Crippen LogP contribution in [0, 0.1) is 17.2 Å². The summed E-state index contributed by atoms with van der Waals surface area (Å²) in [7, 11) is 0. The predicted octanol–water partition coefficient (Wildman–Crippen LogP) is 9.23. The van der Waals surface area contributed by atoms with Crippen molar-refractivity contribution in [3.8, 4) is 22.6 Å². The zero-order valence-corrected chi connectivity index (χ0v) is 23.1. The molecular weight excluding hydrogens is 536 g/mol. The monoisotopic (exact) mass is 570 g/mol. The van der Waals surface area contributed by atoms with Crippen LogP contribution in [-0.2, 0) is 11.4 Å². The number of ether oxygens (including phenoxy) is 2. The first-order chi connectivity index (χ1) is 19.4. The van der Waals surface area contributed by atoms with Crippen LogP contribution in [-0.4, -0.2) is 17.4 Å². The Labute approximate surface area is 237 Å². The Morgan fingerprint density at radius 2 is 1.78 bits per heavy atom. The van der Waals surface area contributed by atoms with E-state index in [-0.39, 0.29) is 35.8 Å². The molecule has 1 N–H and O–H groups in total. The lowest BCUT2D eigenvalue weighted by molar-refractivity contribution is -0.274. The van der Waals surface area contributed by atoms with Gasteiger partial charge in [0.1, 0.15) is 23.9 Å². The minimum absolute atomic E-state index is 0.0430. The van der Waals surface area contributed by atoms with Crippen molar-refractivity contribution in [3.63, 3.8) is 0 Å². The molecule has 0 aliphatic heterocycles. The molecule has 0 bridgehead atoms. The highest BCUT2D eigenvalue weighted by atomic mass is 19.4. The van der Waals surface area contributed by atoms with Crippen molar-refractivity contribution in [1.82, 2.24) is 0 Å². The number of carboxylic acids is 1. The van der Waals surface area contributed by atoms with Gasteiger partial charge in [0.15, 0.2) is 0 Å². The number of alkyl halides is 3. The van der Waals surface area contributed by atoms with Gasteiger partial charge in [0.25, 0.3) is 0 Å². The summed E-state index contributed by atoms with van der Waals surface area (Å²) in [6, 6.07) is 16.2. The summed E-state index contributed by atoms with van der Waals surface area (Å²) in [5.74, 6) is -0.849. The fourth-order valence-corrected chi connectivity index (χ4v) is 6.29. The molecule has 0 heterocycles. The summed E-state index contributed by atoms with van der Waals surface area (Å²) in [5, 5.41) is 9.37. The molecule has 2 fully saturated rings. The predicted molar refractivity (Wildman–Crippen MR) is 147 cm³/mol. The van der Waals surface area contributed by atoms with Gasteiger partial charge in [0.2, 0.25) is 0 Å². The van der Waals surface area contributed by atoms with E-state index in [4.69, 9.17) is 4.74 Å². The van der Waals surface area contributed by atoms with Crippen LogP contribution >= 0.6 is 0 Å². The number of carboxylic acid groups (broad SMARTS) is 1. The van der Waals surface area contributed by atoms with Crippen molar-refractivity contribution < 1.29 is 36.9 Å². The normalized spacial score (nSPS) is 19.1. The molecule has 2 unspecified atom stereocenters. The molecule has 8 heteroatoms. The maximum absolute atomic E-state index is 15.1. The summed E-state index contributed by atoms with van der Waals surface area (Å²) in [5.41, 5.74) is 3.22. The first kappa shape index (κ1) is 29.0. The smallest absolute Gasteiger partial charge is 0.489 e. The van der Waals surface area contributed by atoms with Crippen LogP contribution in [0.4, 0.5) is 17.6 Å². The maximum atomic E-state index is 15.1. The summed E-state index contributed by atoms with van der Waals surface area (Å²) in [4.78, 5) is 11.4. The molecule has 41 heavy (non-hydrogen) atoms. The van der Waals surface area contributed by atoms with Crippen molar-refractivity contribution in [2.24, 2.45) is 11.3 Å². The summed E-state index contributed by atoms with van der Waals surface area (Å²) in [6.45, 7) is 4.56. The molecule has 2 aliphatic rings. The molecule has 0 saturated heterocycles. The van der Waals surface area contributed by atoms with Crippen LogP contribution in [0.25, 0.3) is 11.1 Å². The molecular formula is C33H34F4O4. The quantitative estimate of drug-likeness (QED) is 0.247. The van der Waals surface area contributed by atoms with E-state index in [2.05, 4.69) is 18.6 Å². The zero-order chi connectivity index (χ0) is 29.4. The molecule has 0 spiro atoms. The third-order valence-corrected chi connectivity index (χ3v) is 8.49. The van der Waals surface area contributed by atoms with Gasteiger partial charge in [0.05, 0.1) is 6.42 Å². The highest BCUT2D eigenvalue weighted by Gasteiger charge is 2.38. The van der Waals surface area contributed by atoms with Gasteiger partial charge in [-0.05, 0) is 101 Å². The Balaban J connectivity index is 1.44. The summed E-state index contributed by atoms with van der Waals surface area (Å²) >= 11 is 0. The van der Waals surface area contributed by atoms with Gasteiger partial charge in [-0.1, -0.05) is 50.6 Å². The lowest BCUT2D eigenvalue weighted by atomic mass is 9.75. The number of halogens is 4. The number of rotatable bonds is 10. The van der Waals surface area contributed by atoms with E-state index < -0.39 is 23.9 Å². The first-order valence-electron chi connectivity index (χ1n) is 14.0. The minimum atomic E-state index is -4.88. The van der Waals surface area contributed by atoms with Crippen LogP contribution in [0.2, 0.25) is 0 Å². The summed E-state index contributed by atoms with van der Waals surface area (Å²) in [6.07, 6.45) is 0.144. The fraction of sp³-hybridized carbons (Fsp3) is 0.424. The van der Waals surface area contributed by atoms with Crippen molar-refractivity contribution >= 4 is 5.97 Å². The van der Waals surface area contributed by atoms with E-state index >= 15 is 4.39 Å². The second-order valence-electron chi connectivity index (χ2n) is 11.9. The van der Waals surface area contributed by atoms with Crippen LogP contribution < -0.4 is 9.47 Å². The van der Waals surface area contributed by atoms with Crippen LogP contribution in [0.15, 0.2) is 60.7 Å². The molecule has 0 aromatic heterocycles. The Morgan fingerprint density at radius 1 is 1.00 bits per heavy atom. The third-order valence-electron chi connectivity index (χ3n) is 8.49. The SMILES string of the molecule is CC1(C)CCCC1c1cc(COc2cccc(C(CC(=O)O)C3CC3)c2)ccc1-c1cc(OC(F)(F)F)ccc1F. The molecule has 5 rings (SSSR count). The van der Waals surface area contributed by atoms with Gasteiger partial charge >= 0.3 is 12.3 Å². The molecule has 218 valence electrons. The topological polar surface area (TPSA) is 55.8 Å². The van der Waals surface area contributed by atoms with Crippen molar-refractivity contribution in [2.75, 3.05) is 0 Å². The zero-order valence-electron chi connectivity index (χ0n) is 23.1. The molecule has 3 aromatic carbocycles. The van der Waals surface area contributed by atoms with Gasteiger partial charge in [-0.25, -0.2) is 4.39 Å². The molecule has 0 radical (unpaired) electrons. The molecule has 0 amide bonds. The van der Waals surface area contributed by atoms with Gasteiger partial charge < -0.3 is 14.6 Å². The Morgan fingerprint density at radius 3 is 2.44 bits per heavy atom. The van der Waals surface area contributed by atoms with E-state index in [1.54, 1.807) is 12.1 Å². The number of aliphatic carboxylic acids is 1. The highest BCUT2D eigenvalue weighted by Crippen LogP contribution is 2.51. The molecule has 2 aliphatic carbocycles. The van der Waals surface area contributed by atoms with E-state index in [9.17, 15) is 23.1 Å². The van der Waals surface area contributed by atoms with Gasteiger partial charge in [-0.3, -0.25) is 4.79 Å². The Kier molecular flexibility index (Phi) is 8.04. The van der Waals surface area contributed by atoms with Crippen molar-refractivity contribution in [2.45, 2.75) is 77.2 Å². The molecule has 4 nitrogen and oxygen atoms in total. The molecule has 2 atom stereocenters. The van der Waals surface area contributed by atoms with Crippen LogP contribution in [0.5, 0.6) is 11.5 Å². The standard InChI is InChI=1S/C33H34F4O4/c1-32(2)14-4-7-29(32)27-15-20(8-12-25(27)28-17-24(11-13-30(28)34)41-33(35,36)37)19-40-23-6-3-5-22(16-23)26(18-31(38)39)21-9-10-21/h3,5-6,8,11-13,15-17,21,26,29H,4,7,9-10,14,18-19H2,1-2H3,(H,38,39). The Hall–Kier alpha value is -3.55. The highest BCUT2D eigenvalue weighted by molar-refractivity contribution is 5.71. The van der Waals surface area contributed by atoms with E-state index in [0.29, 0.717) is 17.2 Å². The maximum Gasteiger partial charge on any atom is 0.573 e. The largest absolute Gasteiger partial charge is 0.573 e. The van der Waals surface area contributed by atoms with Gasteiger partial charge in [-0.15, -0.1) is 13.2 Å². The minimum Gasteiger partial charge on any atom is -0.489 e. The van der Waals surface area contributed by atoms with E-state index in [0.717, 1.165) is 67.0 Å². The first-order valence-corrected chi connectivity index (χ1v) is 14.0. The van der Waals surface area contributed by atoms with Crippen molar-refractivity contribution in [1.29, 1.82) is 0 Å². The van der Waals surface area contributed by atoms with E-state index in [1.807, 2.05) is 30.3 Å². The third kappa shape index (κ3) is 7.03. The number of carbonyl (C=O) groups is 1. The molecule has 3 aromatic rings. The number of hydrogen-bond acceptors (Lipinski definition) is 3. The molecule has 2 saturated carbocycles. The Bertz CT molecular complexity index is 1410. The number of hydrogen-bond donors (Lipinski definition) is 1. The average molecular weight is 571 g/mol. The second kappa shape index (κ2) is 11.4. The lowest BCUT2D eigenvalue weighted by Gasteiger charge is -2.30. The number of benzene rings is 3. The van der Waals surface area contributed by atoms with Crippen LogP contribution in [0.1, 0.15) is 80.9 Å². The summed E-state index contributed by atoms with van der Waals surface area (Å²) < 4.78 is 64.0. The average Bonchev–Trinajstić information content (AvgIpc) is 3.68.